The summed E-state index contributed by atoms with van der Waals surface area (Å²) in [4.78, 5) is 20.5. The van der Waals surface area contributed by atoms with Crippen LogP contribution in [0.2, 0.25) is 0 Å². The summed E-state index contributed by atoms with van der Waals surface area (Å²) < 4.78 is 56.2. The van der Waals surface area contributed by atoms with Gasteiger partial charge < -0.3 is 4.74 Å². The van der Waals surface area contributed by atoms with Crippen molar-refractivity contribution in [3.63, 3.8) is 0 Å². The second-order valence-corrected chi connectivity index (χ2v) is 3.73. The van der Waals surface area contributed by atoms with E-state index in [1.165, 1.54) is 6.92 Å². The number of halogens is 4. The Kier molecular flexibility index (Phi) is 5.01. The summed E-state index contributed by atoms with van der Waals surface area (Å²) in [7, 11) is 0. The molecule has 0 spiro atoms. The number of nitro benzene ring substituents is 1. The van der Waals surface area contributed by atoms with Crippen molar-refractivity contribution >= 4 is 17.2 Å². The van der Waals surface area contributed by atoms with Crippen molar-refractivity contribution in [2.45, 2.75) is 13.1 Å². The normalized spacial score (nSPS) is 12.1. The Morgan fingerprint density at radius 3 is 2.52 bits per heavy atom. The van der Waals surface area contributed by atoms with Crippen LogP contribution >= 0.6 is 0 Å². The summed E-state index contributed by atoms with van der Waals surface area (Å²) in [5.74, 6) is -2.53. The zero-order valence-corrected chi connectivity index (χ0v) is 10.6. The highest BCUT2D eigenvalue weighted by Crippen LogP contribution is 2.35. The maximum absolute atomic E-state index is 13.1. The van der Waals surface area contributed by atoms with E-state index in [0.29, 0.717) is 18.2 Å². The molecule has 0 unspecified atom stereocenters. The third kappa shape index (κ3) is 4.26. The van der Waals surface area contributed by atoms with Gasteiger partial charge in [-0.25, -0.2) is 4.79 Å². The second-order valence-electron chi connectivity index (χ2n) is 3.73. The quantitative estimate of drug-likeness (QED) is 0.281. The van der Waals surface area contributed by atoms with Gasteiger partial charge in [-0.05, 0) is 18.6 Å². The summed E-state index contributed by atoms with van der Waals surface area (Å²) >= 11 is 0. The number of allylic oxidation sites excluding steroid dienone is 1. The fourth-order valence-corrected chi connectivity index (χ4v) is 1.45. The van der Waals surface area contributed by atoms with Crippen molar-refractivity contribution in [2.75, 3.05) is 6.61 Å². The summed E-state index contributed by atoms with van der Waals surface area (Å²) in [5, 5.41) is 10.5. The molecule has 21 heavy (non-hydrogen) atoms. The highest BCUT2D eigenvalue weighted by atomic mass is 19.4. The van der Waals surface area contributed by atoms with Gasteiger partial charge in [0, 0.05) is 12.1 Å². The van der Waals surface area contributed by atoms with Crippen molar-refractivity contribution in [2.24, 2.45) is 0 Å². The smallest absolute Gasteiger partial charge is 0.417 e. The van der Waals surface area contributed by atoms with Gasteiger partial charge in [-0.3, -0.25) is 10.1 Å². The van der Waals surface area contributed by atoms with Crippen LogP contribution in [0.4, 0.5) is 23.2 Å². The van der Waals surface area contributed by atoms with Crippen molar-refractivity contribution in [1.82, 2.24) is 0 Å². The zero-order valence-electron chi connectivity index (χ0n) is 10.6. The van der Waals surface area contributed by atoms with Crippen molar-refractivity contribution in [1.29, 1.82) is 0 Å². The topological polar surface area (TPSA) is 69.4 Å². The number of alkyl halides is 3. The number of nitro groups is 1. The Balaban J connectivity index is 3.38. The largest absolute Gasteiger partial charge is 0.463 e. The first kappa shape index (κ1) is 16.6. The molecule has 0 aromatic heterocycles. The summed E-state index contributed by atoms with van der Waals surface area (Å²) in [5.41, 5.74) is -3.28. The van der Waals surface area contributed by atoms with Crippen LogP contribution in [0.3, 0.4) is 0 Å². The molecule has 0 bridgehead atoms. The van der Waals surface area contributed by atoms with Crippen LogP contribution in [-0.2, 0) is 9.53 Å². The summed E-state index contributed by atoms with van der Waals surface area (Å²) in [6, 6.07) is 1.63. The predicted molar refractivity (Wildman–Crippen MR) is 63.7 cm³/mol. The number of esters is 1. The van der Waals surface area contributed by atoms with Crippen LogP contribution in [0.15, 0.2) is 24.3 Å². The maximum Gasteiger partial charge on any atom is 0.417 e. The number of carbonyl (C=O) groups excluding carboxylic acids is 1. The molecule has 0 radical (unpaired) electrons. The van der Waals surface area contributed by atoms with Gasteiger partial charge in [0.05, 0.1) is 17.1 Å². The molecule has 1 aromatic rings. The number of nitrogens with zero attached hydrogens (tertiary/aromatic N) is 1. The van der Waals surface area contributed by atoms with E-state index >= 15 is 0 Å². The predicted octanol–water partition coefficient (Wildman–Crippen LogP) is 3.24. The first-order chi connectivity index (χ1) is 9.66. The molecule has 114 valence electrons. The maximum atomic E-state index is 13.1. The minimum Gasteiger partial charge on any atom is -0.463 e. The van der Waals surface area contributed by atoms with Crippen LogP contribution in [0.5, 0.6) is 0 Å². The number of rotatable bonds is 4. The van der Waals surface area contributed by atoms with Gasteiger partial charge in [-0.1, -0.05) is 6.07 Å². The summed E-state index contributed by atoms with van der Waals surface area (Å²) in [6.07, 6.45) is -4.79. The Morgan fingerprint density at radius 1 is 1.43 bits per heavy atom. The van der Waals surface area contributed by atoms with Crippen LogP contribution in [0, 0.1) is 15.9 Å². The molecular weight excluding hydrogens is 298 g/mol. The molecule has 0 saturated heterocycles. The lowest BCUT2D eigenvalue weighted by Gasteiger charge is -2.12. The van der Waals surface area contributed by atoms with Crippen LogP contribution in [-0.4, -0.2) is 23.7 Å². The fraction of sp³-hybridized carbons (Fsp3) is 0.250. The Labute approximate surface area is 116 Å². The number of ether oxygens (including phenoxy) is 1. The number of carbonyl (C=O) groups is 1. The van der Waals surface area contributed by atoms with Crippen molar-refractivity contribution in [3.8, 4) is 0 Å². The van der Waals surface area contributed by atoms with Gasteiger partial charge in [-0.15, -0.1) is 0 Å². The Bertz CT molecular complexity index is 595. The monoisotopic (exact) mass is 307 g/mol. The van der Waals surface area contributed by atoms with E-state index in [0.717, 1.165) is 0 Å². The third-order valence-corrected chi connectivity index (χ3v) is 2.31. The highest BCUT2D eigenvalue weighted by molar-refractivity contribution is 5.92. The van der Waals surface area contributed by atoms with Crippen LogP contribution in [0.1, 0.15) is 12.5 Å². The lowest BCUT2D eigenvalue weighted by atomic mass is 10.0. The number of hydrogen-bond donors (Lipinski definition) is 0. The molecule has 0 fully saturated rings. The van der Waals surface area contributed by atoms with Crippen molar-refractivity contribution < 1.29 is 32.0 Å². The molecule has 0 aliphatic carbocycles. The molecule has 0 saturated carbocycles. The molecule has 9 heteroatoms. The molecule has 1 aromatic carbocycles. The SMILES string of the molecule is CCOC(=O)/C=C(/c1ccc(F)c([N+](=O)[O-])c1)C(F)(F)F. The van der Waals surface area contributed by atoms with Gasteiger partial charge in [-0.2, -0.15) is 17.6 Å². The van der Waals surface area contributed by atoms with E-state index in [9.17, 15) is 32.5 Å². The molecule has 5 nitrogen and oxygen atoms in total. The Morgan fingerprint density at radius 2 is 2.05 bits per heavy atom. The van der Waals surface area contributed by atoms with E-state index in [1.807, 2.05) is 0 Å². The zero-order chi connectivity index (χ0) is 16.2. The van der Waals surface area contributed by atoms with E-state index in [-0.39, 0.29) is 12.7 Å². The number of benzene rings is 1. The molecule has 0 amide bonds. The van der Waals surface area contributed by atoms with Crippen LogP contribution < -0.4 is 0 Å². The summed E-state index contributed by atoms with van der Waals surface area (Å²) in [6.45, 7) is 1.27. The van der Waals surface area contributed by atoms with Gasteiger partial charge in [0.2, 0.25) is 5.82 Å². The average molecular weight is 307 g/mol. The fourth-order valence-electron chi connectivity index (χ4n) is 1.45. The Hall–Kier alpha value is -2.45. The molecule has 0 N–H and O–H groups in total. The van der Waals surface area contributed by atoms with E-state index < -0.39 is 39.7 Å². The lowest BCUT2D eigenvalue weighted by molar-refractivity contribution is -0.387. The number of hydrogen-bond acceptors (Lipinski definition) is 4. The van der Waals surface area contributed by atoms with E-state index in [4.69, 9.17) is 0 Å². The molecular formula is C12H9F4NO4. The molecule has 0 aliphatic rings. The first-order valence-corrected chi connectivity index (χ1v) is 5.56. The first-order valence-electron chi connectivity index (χ1n) is 5.56. The van der Waals surface area contributed by atoms with E-state index in [2.05, 4.69) is 4.74 Å². The van der Waals surface area contributed by atoms with Crippen molar-refractivity contribution in [3.05, 3.63) is 45.8 Å². The highest BCUT2D eigenvalue weighted by Gasteiger charge is 2.36. The lowest BCUT2D eigenvalue weighted by Crippen LogP contribution is -2.14. The third-order valence-electron chi connectivity index (χ3n) is 2.31. The van der Waals surface area contributed by atoms with Gasteiger partial charge >= 0.3 is 17.8 Å². The molecule has 1 rings (SSSR count). The standard InChI is InChI=1S/C12H9F4NO4/c1-2-21-11(18)6-8(12(14,15)16)7-3-4-9(13)10(5-7)17(19)20/h3-6H,2H2,1H3/b8-6-. The molecule has 0 atom stereocenters. The minimum atomic E-state index is -4.96. The van der Waals surface area contributed by atoms with Crippen LogP contribution in [0.25, 0.3) is 5.57 Å². The van der Waals surface area contributed by atoms with E-state index in [1.54, 1.807) is 0 Å². The van der Waals surface area contributed by atoms with Gasteiger partial charge in [0.1, 0.15) is 0 Å². The average Bonchev–Trinajstić information content (AvgIpc) is 2.35. The molecule has 0 heterocycles. The second kappa shape index (κ2) is 6.33. The minimum absolute atomic E-state index is 0.135. The van der Waals surface area contributed by atoms with Gasteiger partial charge in [0.15, 0.2) is 0 Å². The van der Waals surface area contributed by atoms with Gasteiger partial charge in [0.25, 0.3) is 0 Å². The molecule has 0 aliphatic heterocycles.